The number of nitrogens with one attached hydrogen (secondary N) is 2. The second-order valence-corrected chi connectivity index (χ2v) is 7.21. The molecule has 0 bridgehead atoms. The van der Waals surface area contributed by atoms with Gasteiger partial charge in [-0.05, 0) is 36.6 Å². The van der Waals surface area contributed by atoms with E-state index < -0.39 is 5.69 Å². The monoisotopic (exact) mass is 389 g/mol. The van der Waals surface area contributed by atoms with Crippen LogP contribution >= 0.6 is 0 Å². The summed E-state index contributed by atoms with van der Waals surface area (Å²) in [5, 5.41) is 14.9. The van der Waals surface area contributed by atoms with Gasteiger partial charge in [0.15, 0.2) is 11.1 Å². The molecule has 1 aromatic carbocycles. The van der Waals surface area contributed by atoms with Crippen LogP contribution in [0.3, 0.4) is 0 Å². The summed E-state index contributed by atoms with van der Waals surface area (Å²) in [4.78, 5) is 25.8. The van der Waals surface area contributed by atoms with E-state index in [1.54, 1.807) is 16.8 Å². The van der Waals surface area contributed by atoms with Gasteiger partial charge >= 0.3 is 5.69 Å². The zero-order valence-corrected chi connectivity index (χ0v) is 15.5. The third kappa shape index (κ3) is 3.49. The maximum absolute atomic E-state index is 11.4. The Morgan fingerprint density at radius 3 is 2.90 bits per heavy atom. The summed E-state index contributed by atoms with van der Waals surface area (Å²) >= 11 is 0. The van der Waals surface area contributed by atoms with Gasteiger partial charge in [-0.25, -0.2) is 9.78 Å². The molecule has 5 rings (SSSR count). The Labute approximate surface area is 164 Å². The van der Waals surface area contributed by atoms with Gasteiger partial charge in [-0.2, -0.15) is 9.61 Å². The SMILES string of the molecule is Nc1cccc(Cc2cc(=NC3CC3)n3ncc(=Cc4[nH]c(=O)[nH]c4O)c3n2)c1. The van der Waals surface area contributed by atoms with E-state index in [4.69, 9.17) is 15.7 Å². The summed E-state index contributed by atoms with van der Waals surface area (Å²) in [6.45, 7) is 0. The van der Waals surface area contributed by atoms with E-state index >= 15 is 0 Å². The van der Waals surface area contributed by atoms with Crippen LogP contribution in [0, 0.1) is 0 Å². The van der Waals surface area contributed by atoms with Gasteiger partial charge in [0.1, 0.15) is 5.69 Å². The maximum atomic E-state index is 11.4. The normalized spacial score (nSPS) is 15.4. The second-order valence-electron chi connectivity index (χ2n) is 7.21. The molecule has 1 saturated carbocycles. The first-order valence-corrected chi connectivity index (χ1v) is 9.34. The molecule has 0 unspecified atom stereocenters. The number of hydrogen-bond acceptors (Lipinski definition) is 6. The van der Waals surface area contributed by atoms with Crippen molar-refractivity contribution in [1.82, 2.24) is 24.6 Å². The van der Waals surface area contributed by atoms with Gasteiger partial charge in [0.25, 0.3) is 0 Å². The lowest BCUT2D eigenvalue weighted by Crippen LogP contribution is -2.20. The molecule has 1 aliphatic carbocycles. The number of H-pyrrole nitrogens is 2. The lowest BCUT2D eigenvalue weighted by Gasteiger charge is -2.04. The van der Waals surface area contributed by atoms with Crippen LogP contribution in [0.25, 0.3) is 11.7 Å². The van der Waals surface area contributed by atoms with Crippen LogP contribution in [-0.2, 0) is 6.42 Å². The minimum atomic E-state index is -0.482. The van der Waals surface area contributed by atoms with Crippen molar-refractivity contribution in [3.63, 3.8) is 0 Å². The molecule has 9 nitrogen and oxygen atoms in total. The number of aromatic hydroxyl groups is 1. The Morgan fingerprint density at radius 1 is 1.31 bits per heavy atom. The summed E-state index contributed by atoms with van der Waals surface area (Å²) in [6.07, 6.45) is 6.03. The van der Waals surface area contributed by atoms with E-state index in [2.05, 4.69) is 15.1 Å². The third-order valence-corrected chi connectivity index (χ3v) is 4.77. The number of nitrogens with two attached hydrogens (primary N) is 1. The van der Waals surface area contributed by atoms with Crippen molar-refractivity contribution >= 4 is 17.4 Å². The number of imidazole rings is 1. The molecule has 0 aliphatic heterocycles. The fraction of sp³-hybridized carbons (Fsp3) is 0.200. The Balaban J connectivity index is 1.68. The van der Waals surface area contributed by atoms with Crippen LogP contribution in [-0.4, -0.2) is 35.7 Å². The molecule has 0 spiro atoms. The highest BCUT2D eigenvalue weighted by molar-refractivity contribution is 5.56. The summed E-state index contributed by atoms with van der Waals surface area (Å²) in [7, 11) is 0. The van der Waals surface area contributed by atoms with Gasteiger partial charge in [0.2, 0.25) is 5.88 Å². The van der Waals surface area contributed by atoms with Crippen molar-refractivity contribution in [2.45, 2.75) is 25.3 Å². The maximum Gasteiger partial charge on any atom is 0.326 e. The molecule has 0 amide bonds. The molecule has 1 aliphatic rings. The van der Waals surface area contributed by atoms with Crippen molar-refractivity contribution in [3.05, 3.63) is 74.7 Å². The highest BCUT2D eigenvalue weighted by atomic mass is 16.3. The van der Waals surface area contributed by atoms with Crippen LogP contribution < -0.4 is 22.1 Å². The van der Waals surface area contributed by atoms with Crippen molar-refractivity contribution in [2.24, 2.45) is 4.99 Å². The molecule has 4 aromatic rings. The van der Waals surface area contributed by atoms with Gasteiger partial charge in [-0.1, -0.05) is 12.1 Å². The largest absolute Gasteiger partial charge is 0.493 e. The topological polar surface area (TPSA) is 137 Å². The highest BCUT2D eigenvalue weighted by Gasteiger charge is 2.20. The number of anilines is 1. The number of hydrogen-bond donors (Lipinski definition) is 4. The summed E-state index contributed by atoms with van der Waals surface area (Å²) in [5.74, 6) is -0.229. The van der Waals surface area contributed by atoms with Gasteiger partial charge in [0.05, 0.1) is 17.9 Å². The second kappa shape index (κ2) is 6.62. The number of nitrogen functional groups attached to an aromatic ring is 1. The lowest BCUT2D eigenvalue weighted by molar-refractivity contribution is 0.454. The number of benzene rings is 1. The van der Waals surface area contributed by atoms with Crippen LogP contribution in [0.1, 0.15) is 29.8 Å². The molecule has 0 saturated heterocycles. The Bertz CT molecular complexity index is 1390. The van der Waals surface area contributed by atoms with Crippen molar-refractivity contribution in [3.8, 4) is 5.88 Å². The van der Waals surface area contributed by atoms with E-state index in [0.717, 1.165) is 29.6 Å². The molecular formula is C20H19N7O2. The van der Waals surface area contributed by atoms with Gasteiger partial charge in [-0.15, -0.1) is 0 Å². The standard InChI is InChI=1S/C20H19N7O2/c21-13-3-1-2-11(6-13)7-15-9-17(23-14-4-5-14)27-18(24-15)12(10-22-27)8-16-19(28)26-20(29)25-16/h1-3,6,8-10,14,28H,4-5,7,21H2,(H2,25,26,29). The van der Waals surface area contributed by atoms with E-state index in [-0.39, 0.29) is 11.6 Å². The minimum Gasteiger partial charge on any atom is -0.493 e. The van der Waals surface area contributed by atoms with Crippen molar-refractivity contribution in [2.75, 3.05) is 5.73 Å². The van der Waals surface area contributed by atoms with Gasteiger partial charge in [0, 0.05) is 23.4 Å². The molecule has 0 radical (unpaired) electrons. The zero-order valence-electron chi connectivity index (χ0n) is 15.5. The fourth-order valence-electron chi connectivity index (χ4n) is 3.25. The van der Waals surface area contributed by atoms with Crippen molar-refractivity contribution < 1.29 is 5.11 Å². The van der Waals surface area contributed by atoms with E-state index in [1.807, 2.05) is 30.3 Å². The lowest BCUT2D eigenvalue weighted by atomic mass is 10.1. The number of fused-ring (bicyclic) bond motifs is 1. The average Bonchev–Trinajstić information content (AvgIpc) is 3.31. The van der Waals surface area contributed by atoms with Crippen LogP contribution in [0.2, 0.25) is 0 Å². The molecule has 29 heavy (non-hydrogen) atoms. The van der Waals surface area contributed by atoms with E-state index in [1.165, 1.54) is 0 Å². The smallest absolute Gasteiger partial charge is 0.326 e. The molecule has 3 heterocycles. The third-order valence-electron chi connectivity index (χ3n) is 4.77. The van der Waals surface area contributed by atoms with E-state index in [0.29, 0.717) is 29.0 Å². The summed E-state index contributed by atoms with van der Waals surface area (Å²) in [6, 6.07) is 9.97. The summed E-state index contributed by atoms with van der Waals surface area (Å²) in [5.41, 5.74) is 9.63. The highest BCUT2D eigenvalue weighted by Crippen LogP contribution is 2.22. The average molecular weight is 389 g/mol. The molecule has 3 aromatic heterocycles. The zero-order chi connectivity index (χ0) is 20.0. The fourth-order valence-corrected chi connectivity index (χ4v) is 3.25. The van der Waals surface area contributed by atoms with E-state index in [9.17, 15) is 9.90 Å². The first-order valence-electron chi connectivity index (χ1n) is 9.34. The minimum absolute atomic E-state index is 0.229. The first kappa shape index (κ1) is 17.2. The number of rotatable bonds is 4. The predicted octanol–water partition coefficient (Wildman–Crippen LogP) is 0.235. The number of aromatic nitrogens is 5. The van der Waals surface area contributed by atoms with Gasteiger partial charge in [-0.3, -0.25) is 9.98 Å². The molecule has 0 atom stereocenters. The Kier molecular flexibility index (Phi) is 3.94. The molecule has 146 valence electrons. The predicted molar refractivity (Wildman–Crippen MR) is 107 cm³/mol. The Hall–Kier alpha value is -3.88. The number of aromatic amines is 2. The molecule has 1 fully saturated rings. The van der Waals surface area contributed by atoms with Crippen LogP contribution in [0.4, 0.5) is 5.69 Å². The van der Waals surface area contributed by atoms with Crippen molar-refractivity contribution in [1.29, 1.82) is 0 Å². The van der Waals surface area contributed by atoms with Crippen LogP contribution in [0.15, 0.2) is 46.3 Å². The first-order chi connectivity index (χ1) is 14.0. The summed E-state index contributed by atoms with van der Waals surface area (Å²) < 4.78 is 1.69. The van der Waals surface area contributed by atoms with Gasteiger partial charge < -0.3 is 15.8 Å². The molecule has 9 heteroatoms. The molecular weight excluding hydrogens is 370 g/mol. The van der Waals surface area contributed by atoms with Crippen LogP contribution in [0.5, 0.6) is 5.88 Å². The quantitative estimate of drug-likeness (QED) is 0.370. The molecule has 5 N–H and O–H groups in total. The Morgan fingerprint density at radius 2 is 2.17 bits per heavy atom. The number of nitrogens with zero attached hydrogens (tertiary/aromatic N) is 4.